The predicted octanol–water partition coefficient (Wildman–Crippen LogP) is 4.36. The molecule has 1 atom stereocenters. The van der Waals surface area contributed by atoms with Gasteiger partial charge in [-0.3, -0.25) is 0 Å². The molecule has 0 aliphatic carbocycles. The minimum atomic E-state index is -0.319. The van der Waals surface area contributed by atoms with Gasteiger partial charge in [-0.15, -0.1) is 0 Å². The van der Waals surface area contributed by atoms with Crippen molar-refractivity contribution in [3.63, 3.8) is 0 Å². The van der Waals surface area contributed by atoms with E-state index in [2.05, 4.69) is 11.2 Å². The number of hydrogen-bond acceptors (Lipinski definition) is 4. The number of hydrogen-bond donors (Lipinski definition) is 1. The summed E-state index contributed by atoms with van der Waals surface area (Å²) in [5.41, 5.74) is 11.1. The molecule has 5 nitrogen and oxygen atoms in total. The molecule has 0 saturated carbocycles. The van der Waals surface area contributed by atoms with Crippen LogP contribution in [0, 0.1) is 25.2 Å². The molecular weight excluding hydrogens is 360 g/mol. The molecule has 27 heavy (non-hydrogen) atoms. The van der Waals surface area contributed by atoms with Crippen LogP contribution in [0.25, 0.3) is 5.69 Å². The summed E-state index contributed by atoms with van der Waals surface area (Å²) in [4.78, 5) is 0. The van der Waals surface area contributed by atoms with Gasteiger partial charge < -0.3 is 10.5 Å². The second-order valence-corrected chi connectivity index (χ2v) is 6.96. The maximum atomic E-state index is 9.71. The number of aromatic nitrogens is 2. The molecule has 0 radical (unpaired) electrons. The van der Waals surface area contributed by atoms with Crippen molar-refractivity contribution in [2.75, 3.05) is 0 Å². The maximum absolute atomic E-state index is 9.71. The summed E-state index contributed by atoms with van der Waals surface area (Å²) in [6.07, 6.45) is 0. The largest absolute Gasteiger partial charge is 0.422 e. The zero-order chi connectivity index (χ0) is 19.1. The lowest BCUT2D eigenvalue weighted by Gasteiger charge is -2.25. The van der Waals surface area contributed by atoms with Gasteiger partial charge in [-0.2, -0.15) is 10.4 Å². The average molecular weight is 377 g/mol. The molecular formula is C21H17ClN4O. The van der Waals surface area contributed by atoms with E-state index < -0.39 is 0 Å². The minimum Gasteiger partial charge on any atom is -0.422 e. The molecule has 0 bridgehead atoms. The van der Waals surface area contributed by atoms with Gasteiger partial charge in [-0.25, -0.2) is 4.68 Å². The zero-order valence-corrected chi connectivity index (χ0v) is 15.7. The molecule has 2 heterocycles. The van der Waals surface area contributed by atoms with Gasteiger partial charge in [0.1, 0.15) is 11.6 Å². The van der Waals surface area contributed by atoms with Gasteiger partial charge in [0, 0.05) is 5.02 Å². The van der Waals surface area contributed by atoms with Gasteiger partial charge >= 0.3 is 0 Å². The van der Waals surface area contributed by atoms with E-state index in [0.29, 0.717) is 16.5 Å². The summed E-state index contributed by atoms with van der Waals surface area (Å²) in [6, 6.07) is 17.6. The van der Waals surface area contributed by atoms with Crippen molar-refractivity contribution < 1.29 is 4.74 Å². The normalized spacial score (nSPS) is 15.9. The van der Waals surface area contributed by atoms with E-state index in [1.807, 2.05) is 50.2 Å². The molecule has 1 unspecified atom stereocenters. The summed E-state index contributed by atoms with van der Waals surface area (Å²) in [6.45, 7) is 3.94. The first-order chi connectivity index (χ1) is 13.0. The number of rotatable bonds is 2. The van der Waals surface area contributed by atoms with Crippen LogP contribution in [0.2, 0.25) is 5.02 Å². The maximum Gasteiger partial charge on any atom is 0.229 e. The van der Waals surface area contributed by atoms with Crippen LogP contribution in [0.3, 0.4) is 0 Å². The smallest absolute Gasteiger partial charge is 0.229 e. The molecule has 1 aromatic heterocycles. The van der Waals surface area contributed by atoms with Crippen molar-refractivity contribution in [2.24, 2.45) is 5.73 Å². The molecule has 0 amide bonds. The molecule has 0 fully saturated rings. The number of nitrogens with zero attached hydrogens (tertiary/aromatic N) is 3. The van der Waals surface area contributed by atoms with Crippen LogP contribution in [-0.2, 0) is 0 Å². The first-order valence-corrected chi connectivity index (χ1v) is 8.87. The van der Waals surface area contributed by atoms with Crippen LogP contribution >= 0.6 is 11.6 Å². The van der Waals surface area contributed by atoms with Crippen molar-refractivity contribution in [2.45, 2.75) is 19.8 Å². The lowest BCUT2D eigenvalue weighted by atomic mass is 9.84. The lowest BCUT2D eigenvalue weighted by molar-refractivity contribution is 0.367. The minimum absolute atomic E-state index is 0.102. The zero-order valence-electron chi connectivity index (χ0n) is 14.9. The standard InChI is InChI=1S/C21H17ClN4O/c1-12-3-5-14(6-4-12)19-17(11-23)20(24)27-21-18(19)13(2)25-26(21)16-9-7-15(22)8-10-16/h3-10,19H,24H2,1-2H3. The number of halogens is 1. The summed E-state index contributed by atoms with van der Waals surface area (Å²) in [7, 11) is 0. The summed E-state index contributed by atoms with van der Waals surface area (Å²) in [5, 5.41) is 15.0. The highest BCUT2D eigenvalue weighted by Crippen LogP contribution is 2.44. The van der Waals surface area contributed by atoms with Gasteiger partial charge in [0.25, 0.3) is 0 Å². The third-order valence-electron chi connectivity index (χ3n) is 4.71. The molecule has 4 rings (SSSR count). The number of aryl methyl sites for hydroxylation is 2. The Labute approximate surface area is 162 Å². The number of fused-ring (bicyclic) bond motifs is 1. The molecule has 2 aromatic carbocycles. The number of allylic oxidation sites excluding steroid dienone is 1. The summed E-state index contributed by atoms with van der Waals surface area (Å²) < 4.78 is 7.55. The fraction of sp³-hybridized carbons (Fsp3) is 0.143. The molecule has 3 aromatic rings. The molecule has 1 aliphatic rings. The van der Waals surface area contributed by atoms with Crippen LogP contribution < -0.4 is 10.5 Å². The quantitative estimate of drug-likeness (QED) is 0.720. The van der Waals surface area contributed by atoms with Crippen LogP contribution in [-0.4, -0.2) is 9.78 Å². The average Bonchev–Trinajstić information content (AvgIpc) is 2.98. The van der Waals surface area contributed by atoms with Gasteiger partial charge in [-0.05, 0) is 43.7 Å². The highest BCUT2D eigenvalue weighted by Gasteiger charge is 2.36. The van der Waals surface area contributed by atoms with E-state index in [9.17, 15) is 5.26 Å². The van der Waals surface area contributed by atoms with E-state index in [-0.39, 0.29) is 11.8 Å². The Morgan fingerprint density at radius 1 is 1.11 bits per heavy atom. The van der Waals surface area contributed by atoms with Crippen LogP contribution in [0.1, 0.15) is 28.3 Å². The fourth-order valence-electron chi connectivity index (χ4n) is 3.36. The molecule has 2 N–H and O–H groups in total. The Kier molecular flexibility index (Phi) is 4.14. The molecule has 6 heteroatoms. The highest BCUT2D eigenvalue weighted by molar-refractivity contribution is 6.30. The number of nitrogens with two attached hydrogens (primary N) is 1. The van der Waals surface area contributed by atoms with Crippen LogP contribution in [0.4, 0.5) is 0 Å². The topological polar surface area (TPSA) is 76.9 Å². The van der Waals surface area contributed by atoms with E-state index in [4.69, 9.17) is 22.1 Å². The number of nitriles is 1. The Morgan fingerprint density at radius 2 is 1.78 bits per heavy atom. The second-order valence-electron chi connectivity index (χ2n) is 6.53. The van der Waals surface area contributed by atoms with Gasteiger partial charge in [0.2, 0.25) is 11.8 Å². The predicted molar refractivity (Wildman–Crippen MR) is 104 cm³/mol. The monoisotopic (exact) mass is 376 g/mol. The fourth-order valence-corrected chi connectivity index (χ4v) is 3.49. The summed E-state index contributed by atoms with van der Waals surface area (Å²) in [5.74, 6) is 0.308. The van der Waals surface area contributed by atoms with E-state index in [1.165, 1.54) is 0 Å². The lowest BCUT2D eigenvalue weighted by Crippen LogP contribution is -2.22. The second kappa shape index (κ2) is 6.49. The van der Waals surface area contributed by atoms with Crippen molar-refractivity contribution >= 4 is 11.6 Å². The number of ether oxygens (including phenoxy) is 1. The first-order valence-electron chi connectivity index (χ1n) is 8.49. The van der Waals surface area contributed by atoms with Crippen LogP contribution in [0.15, 0.2) is 60.0 Å². The molecule has 0 spiro atoms. The van der Waals surface area contributed by atoms with Gasteiger partial charge in [0.15, 0.2) is 0 Å². The SMILES string of the molecule is Cc1ccc(C2C(C#N)=C(N)Oc3c2c(C)nn3-c2ccc(Cl)cc2)cc1. The Bertz CT molecular complexity index is 1090. The van der Waals surface area contributed by atoms with Crippen molar-refractivity contribution in [3.05, 3.63) is 87.4 Å². The Balaban J connectivity index is 1.93. The van der Waals surface area contributed by atoms with Crippen LogP contribution in [0.5, 0.6) is 5.88 Å². The third kappa shape index (κ3) is 2.84. The first kappa shape index (κ1) is 17.2. The highest BCUT2D eigenvalue weighted by atomic mass is 35.5. The van der Waals surface area contributed by atoms with E-state index in [0.717, 1.165) is 28.1 Å². The third-order valence-corrected chi connectivity index (χ3v) is 4.97. The van der Waals surface area contributed by atoms with Crippen molar-refractivity contribution in [1.29, 1.82) is 5.26 Å². The molecule has 1 aliphatic heterocycles. The Hall–Kier alpha value is -3.23. The van der Waals surface area contributed by atoms with E-state index >= 15 is 0 Å². The van der Waals surface area contributed by atoms with E-state index in [1.54, 1.807) is 16.8 Å². The van der Waals surface area contributed by atoms with Crippen molar-refractivity contribution in [1.82, 2.24) is 9.78 Å². The number of benzene rings is 2. The van der Waals surface area contributed by atoms with Gasteiger partial charge in [0.05, 0.1) is 22.9 Å². The van der Waals surface area contributed by atoms with Gasteiger partial charge in [-0.1, -0.05) is 41.4 Å². The molecule has 134 valence electrons. The van der Waals surface area contributed by atoms with Crippen molar-refractivity contribution in [3.8, 4) is 17.6 Å². The molecule has 0 saturated heterocycles. The Morgan fingerprint density at radius 3 is 2.41 bits per heavy atom. The summed E-state index contributed by atoms with van der Waals surface area (Å²) >= 11 is 6.00.